The van der Waals surface area contributed by atoms with E-state index in [0.717, 1.165) is 22.6 Å². The minimum absolute atomic E-state index is 0.0164. The third-order valence-electron chi connectivity index (χ3n) is 5.50. The van der Waals surface area contributed by atoms with Crippen molar-refractivity contribution in [1.29, 1.82) is 0 Å². The van der Waals surface area contributed by atoms with E-state index in [2.05, 4.69) is 0 Å². The molecular weight excluding hydrogens is 390 g/mol. The highest BCUT2D eigenvalue weighted by molar-refractivity contribution is 7.89. The van der Waals surface area contributed by atoms with Crippen LogP contribution in [0.4, 0.5) is 5.69 Å². The van der Waals surface area contributed by atoms with Crippen molar-refractivity contribution < 1.29 is 17.9 Å². The number of likely N-dealkylation sites (N-methyl/N-ethyl adjacent to an activating group) is 1. The average molecular weight is 418 g/mol. The van der Waals surface area contributed by atoms with Gasteiger partial charge in [0.15, 0.2) is 0 Å². The van der Waals surface area contributed by atoms with Crippen LogP contribution in [0.1, 0.15) is 31.0 Å². The molecule has 1 heterocycles. The number of para-hydroxylation sites is 1. The highest BCUT2D eigenvalue weighted by atomic mass is 32.2. The van der Waals surface area contributed by atoms with Crippen molar-refractivity contribution in [3.8, 4) is 5.75 Å². The van der Waals surface area contributed by atoms with Crippen molar-refractivity contribution in [2.75, 3.05) is 25.6 Å². The zero-order chi connectivity index (χ0) is 21.3. The van der Waals surface area contributed by atoms with Crippen LogP contribution in [-0.2, 0) is 21.2 Å². The molecule has 1 aliphatic heterocycles. The molecule has 0 bridgehead atoms. The van der Waals surface area contributed by atoms with Crippen LogP contribution in [0.3, 0.4) is 0 Å². The molecule has 2 N–H and O–H groups in total. The molecule has 29 heavy (non-hydrogen) atoms. The van der Waals surface area contributed by atoms with Crippen LogP contribution >= 0.6 is 0 Å². The van der Waals surface area contributed by atoms with Crippen LogP contribution in [0, 0.1) is 0 Å². The summed E-state index contributed by atoms with van der Waals surface area (Å²) in [6.07, 6.45) is 0.593. The molecular formula is C21H27N3O4S. The molecule has 0 aromatic heterocycles. The normalized spacial score (nSPS) is 17.3. The summed E-state index contributed by atoms with van der Waals surface area (Å²) in [6.45, 7) is 4.21. The molecule has 2 aromatic rings. The predicted molar refractivity (Wildman–Crippen MR) is 113 cm³/mol. The number of amides is 1. The maximum atomic E-state index is 13.1. The number of primary sulfonamides is 1. The van der Waals surface area contributed by atoms with Crippen LogP contribution in [0.5, 0.6) is 5.75 Å². The lowest BCUT2D eigenvalue weighted by Gasteiger charge is -2.29. The van der Waals surface area contributed by atoms with Gasteiger partial charge in [0.05, 0.1) is 18.6 Å². The summed E-state index contributed by atoms with van der Waals surface area (Å²) in [7, 11) is -0.233. The highest BCUT2D eigenvalue weighted by Crippen LogP contribution is 2.34. The maximum Gasteiger partial charge on any atom is 0.241 e. The number of ether oxygens (including phenoxy) is 1. The van der Waals surface area contributed by atoms with Crippen LogP contribution in [0.25, 0.3) is 0 Å². The van der Waals surface area contributed by atoms with Crippen molar-refractivity contribution >= 4 is 21.6 Å². The van der Waals surface area contributed by atoms with Crippen molar-refractivity contribution in [3.05, 3.63) is 53.6 Å². The van der Waals surface area contributed by atoms with Gasteiger partial charge in [-0.2, -0.15) is 0 Å². The van der Waals surface area contributed by atoms with Crippen LogP contribution in [0.15, 0.2) is 47.4 Å². The molecule has 0 saturated heterocycles. The Morgan fingerprint density at radius 1 is 1.31 bits per heavy atom. The number of nitrogens with zero attached hydrogens (tertiary/aromatic N) is 2. The van der Waals surface area contributed by atoms with E-state index in [1.807, 2.05) is 50.1 Å². The first-order chi connectivity index (χ1) is 13.6. The molecule has 156 valence electrons. The Labute approximate surface area is 172 Å². The van der Waals surface area contributed by atoms with E-state index in [1.54, 1.807) is 24.1 Å². The molecule has 2 atom stereocenters. The number of anilines is 1. The largest absolute Gasteiger partial charge is 0.496 e. The molecule has 7 nitrogen and oxygen atoms in total. The monoisotopic (exact) mass is 417 g/mol. The molecule has 8 heteroatoms. The van der Waals surface area contributed by atoms with Gasteiger partial charge in [-0.1, -0.05) is 18.2 Å². The number of benzene rings is 2. The Morgan fingerprint density at radius 2 is 2.00 bits per heavy atom. The number of sulfonamides is 1. The highest BCUT2D eigenvalue weighted by Gasteiger charge is 2.32. The fourth-order valence-electron chi connectivity index (χ4n) is 3.84. The summed E-state index contributed by atoms with van der Waals surface area (Å²) in [6, 6.07) is 12.4. The Bertz CT molecular complexity index is 1020. The van der Waals surface area contributed by atoms with Gasteiger partial charge in [-0.15, -0.1) is 0 Å². The first-order valence-electron chi connectivity index (χ1n) is 9.44. The second-order valence-corrected chi connectivity index (χ2v) is 9.05. The summed E-state index contributed by atoms with van der Waals surface area (Å²) < 4.78 is 28.7. The van der Waals surface area contributed by atoms with E-state index in [9.17, 15) is 13.2 Å². The van der Waals surface area contributed by atoms with Gasteiger partial charge in [-0.3, -0.25) is 9.69 Å². The van der Waals surface area contributed by atoms with Crippen molar-refractivity contribution in [2.45, 2.75) is 37.2 Å². The van der Waals surface area contributed by atoms with Gasteiger partial charge in [0.1, 0.15) is 5.75 Å². The minimum atomic E-state index is -3.77. The third-order valence-corrected chi connectivity index (χ3v) is 6.41. The lowest BCUT2D eigenvalue weighted by atomic mass is 10.1. The van der Waals surface area contributed by atoms with Crippen LogP contribution in [-0.4, -0.2) is 46.0 Å². The van der Waals surface area contributed by atoms with Gasteiger partial charge < -0.3 is 9.64 Å². The number of nitrogens with two attached hydrogens (primary N) is 1. The van der Waals surface area contributed by atoms with Gasteiger partial charge in [-0.05, 0) is 57.1 Å². The smallest absolute Gasteiger partial charge is 0.241 e. The zero-order valence-electron chi connectivity index (χ0n) is 17.1. The Kier molecular flexibility index (Phi) is 5.97. The van der Waals surface area contributed by atoms with Gasteiger partial charge in [0, 0.05) is 23.3 Å². The minimum Gasteiger partial charge on any atom is -0.496 e. The van der Waals surface area contributed by atoms with Gasteiger partial charge in [0.25, 0.3) is 0 Å². The maximum absolute atomic E-state index is 13.1. The summed E-state index contributed by atoms with van der Waals surface area (Å²) in [5.74, 6) is 0.749. The summed E-state index contributed by atoms with van der Waals surface area (Å²) in [5.41, 5.74) is 2.57. The Morgan fingerprint density at radius 3 is 2.66 bits per heavy atom. The average Bonchev–Trinajstić information content (AvgIpc) is 3.01. The first kappa shape index (κ1) is 21.3. The molecule has 0 saturated carbocycles. The fraction of sp³-hybridized carbons (Fsp3) is 0.381. The topological polar surface area (TPSA) is 92.9 Å². The number of methoxy groups -OCH3 is 1. The second kappa shape index (κ2) is 8.14. The number of carbonyl (C=O) groups excluding carboxylic acids is 1. The number of hydrogen-bond acceptors (Lipinski definition) is 5. The molecule has 0 spiro atoms. The van der Waals surface area contributed by atoms with E-state index in [-0.39, 0.29) is 29.4 Å². The fourth-order valence-corrected chi connectivity index (χ4v) is 4.40. The Hall–Kier alpha value is -2.42. The van der Waals surface area contributed by atoms with E-state index >= 15 is 0 Å². The number of rotatable bonds is 6. The predicted octanol–water partition coefficient (Wildman–Crippen LogP) is 2.31. The first-order valence-corrected chi connectivity index (χ1v) is 11.0. The van der Waals surface area contributed by atoms with Gasteiger partial charge >= 0.3 is 0 Å². The molecule has 2 aromatic carbocycles. The standard InChI is InChI=1S/C21H27N3O4S/c1-14-11-16-12-17(29(22,26)27)9-10-19(16)24(14)21(25)13-23(3)15(2)18-7-5-6-8-20(18)28-4/h5-10,12,14-15H,11,13H2,1-4H3,(H2,22,26,27). The molecule has 0 fully saturated rings. The van der Waals surface area contributed by atoms with Crippen LogP contribution in [0.2, 0.25) is 0 Å². The molecule has 0 radical (unpaired) electrons. The zero-order valence-corrected chi connectivity index (χ0v) is 17.9. The molecule has 2 unspecified atom stereocenters. The molecule has 1 amide bonds. The number of fused-ring (bicyclic) bond motifs is 1. The summed E-state index contributed by atoms with van der Waals surface area (Å²) >= 11 is 0. The van der Waals surface area contributed by atoms with E-state index in [1.165, 1.54) is 6.07 Å². The van der Waals surface area contributed by atoms with Crippen molar-refractivity contribution in [3.63, 3.8) is 0 Å². The van der Waals surface area contributed by atoms with Crippen LogP contribution < -0.4 is 14.8 Å². The number of carbonyl (C=O) groups is 1. The van der Waals surface area contributed by atoms with E-state index in [0.29, 0.717) is 6.42 Å². The molecule has 3 rings (SSSR count). The Balaban J connectivity index is 1.79. The SMILES string of the molecule is COc1ccccc1C(C)N(C)CC(=O)N1c2ccc(S(N)(=O)=O)cc2CC1C. The third kappa shape index (κ3) is 4.29. The quantitative estimate of drug-likeness (QED) is 0.779. The summed E-state index contributed by atoms with van der Waals surface area (Å²) in [4.78, 5) is 16.9. The van der Waals surface area contributed by atoms with Gasteiger partial charge in [-0.25, -0.2) is 13.6 Å². The van der Waals surface area contributed by atoms with E-state index < -0.39 is 10.0 Å². The number of hydrogen-bond donors (Lipinski definition) is 1. The lowest BCUT2D eigenvalue weighted by Crippen LogP contribution is -2.42. The molecule has 0 aliphatic carbocycles. The molecule has 1 aliphatic rings. The van der Waals surface area contributed by atoms with Crippen molar-refractivity contribution in [2.24, 2.45) is 5.14 Å². The van der Waals surface area contributed by atoms with E-state index in [4.69, 9.17) is 9.88 Å². The lowest BCUT2D eigenvalue weighted by molar-refractivity contribution is -0.120. The summed E-state index contributed by atoms with van der Waals surface area (Å²) in [5, 5.41) is 5.23. The second-order valence-electron chi connectivity index (χ2n) is 7.49. The van der Waals surface area contributed by atoms with Crippen molar-refractivity contribution in [1.82, 2.24) is 4.90 Å². The van der Waals surface area contributed by atoms with Gasteiger partial charge in [0.2, 0.25) is 15.9 Å².